The first-order valence-electron chi connectivity index (χ1n) is 19.2. The van der Waals surface area contributed by atoms with Gasteiger partial charge in [0.25, 0.3) is 0 Å². The smallest absolute Gasteiger partial charge is 0 e. The molecule has 286 valence electrons. The van der Waals surface area contributed by atoms with Crippen molar-refractivity contribution in [1.82, 2.24) is 0 Å². The van der Waals surface area contributed by atoms with E-state index in [2.05, 4.69) is 273 Å². The van der Waals surface area contributed by atoms with Gasteiger partial charge in [-0.15, -0.1) is 12.4 Å². The van der Waals surface area contributed by atoms with Crippen LogP contribution in [0.2, 0.25) is 0 Å². The van der Waals surface area contributed by atoms with E-state index in [1.165, 1.54) is 47.7 Å². The lowest BCUT2D eigenvalue weighted by atomic mass is 10.4. The number of hydrogen-bond donors (Lipinski definition) is 0. The lowest BCUT2D eigenvalue weighted by Crippen LogP contribution is -2.20. The van der Waals surface area contributed by atoms with Crippen LogP contribution in [-0.2, 0) is 0 Å². The van der Waals surface area contributed by atoms with Crippen LogP contribution >= 0.6 is 36.2 Å². The molecule has 0 saturated carbocycles. The fraction of sp³-hybridized carbons (Fsp3) is 0. The Morgan fingerprint density at radius 1 is 0.155 bits per heavy atom. The van der Waals surface area contributed by atoms with Gasteiger partial charge in [0.2, 0.25) is 0 Å². The molecule has 0 aromatic heterocycles. The van der Waals surface area contributed by atoms with Crippen LogP contribution in [-0.4, -0.2) is 0 Å². The van der Waals surface area contributed by atoms with E-state index in [-0.39, 0.29) is 13.8 Å². The highest BCUT2D eigenvalue weighted by Gasteiger charge is 2.17. The van der Waals surface area contributed by atoms with Crippen molar-refractivity contribution in [2.75, 3.05) is 0 Å². The Hall–Kier alpha value is -5.44. The van der Waals surface area contributed by atoms with E-state index in [0.717, 1.165) is 0 Å². The van der Waals surface area contributed by atoms with E-state index in [1.807, 2.05) is 0 Å². The average Bonchev–Trinajstić information content (AvgIpc) is 3.30. The van der Waals surface area contributed by atoms with Crippen LogP contribution in [0.3, 0.4) is 0 Å². The van der Waals surface area contributed by atoms with Crippen LogP contribution < -0.4 is 47.7 Å². The quantitative estimate of drug-likeness (QED) is 0.127. The molecule has 0 saturated heterocycles. The maximum absolute atomic E-state index is 2.23. The predicted molar refractivity (Wildman–Crippen MR) is 265 cm³/mol. The van der Waals surface area contributed by atoms with Crippen LogP contribution in [0.25, 0.3) is 0 Å². The van der Waals surface area contributed by atoms with Gasteiger partial charge in [-0.25, -0.2) is 0 Å². The molecule has 0 spiro atoms. The lowest BCUT2D eigenvalue weighted by Gasteiger charge is -2.18. The van der Waals surface area contributed by atoms with Crippen molar-refractivity contribution in [3.63, 3.8) is 0 Å². The summed E-state index contributed by atoms with van der Waals surface area (Å²) in [5, 5.41) is 12.6. The van der Waals surface area contributed by atoms with Gasteiger partial charge in [-0.05, 0) is 71.5 Å². The minimum atomic E-state index is -0.446. The van der Waals surface area contributed by atoms with Crippen molar-refractivity contribution in [2.24, 2.45) is 0 Å². The second-order valence-electron chi connectivity index (χ2n) is 13.0. The zero-order valence-corrected chi connectivity index (χ0v) is 35.7. The molecule has 0 unspecified atom stereocenters. The SMILES string of the molecule is Cl.[HH].c1ccc(P(c2ccccc2)c2ccccc2)cc1.c1ccc(P(c2ccccc2)c2ccccc2)cc1.c1ccc(P(c2ccccc2)c2ccccc2)cc1. The summed E-state index contributed by atoms with van der Waals surface area (Å²) >= 11 is 0. The summed E-state index contributed by atoms with van der Waals surface area (Å²) < 4.78 is 0. The molecular weight excluding hydrogens is 777 g/mol. The normalized spacial score (nSPS) is 10.4. The highest BCUT2D eigenvalue weighted by molar-refractivity contribution is 7.80. The van der Waals surface area contributed by atoms with Gasteiger partial charge in [-0.1, -0.05) is 273 Å². The second kappa shape index (κ2) is 23.1. The molecule has 58 heavy (non-hydrogen) atoms. The number of benzene rings is 9. The molecular formula is C54H48ClP3. The highest BCUT2D eigenvalue weighted by atomic mass is 35.5. The van der Waals surface area contributed by atoms with Crippen LogP contribution in [0, 0.1) is 0 Å². The van der Waals surface area contributed by atoms with E-state index >= 15 is 0 Å². The Kier molecular flexibility index (Phi) is 16.8. The Morgan fingerprint density at radius 3 is 0.328 bits per heavy atom. The molecule has 0 aliphatic rings. The largest absolute Gasteiger partial charge is 0.147 e. The zero-order chi connectivity index (χ0) is 38.7. The van der Waals surface area contributed by atoms with Gasteiger partial charge in [0.15, 0.2) is 0 Å². The van der Waals surface area contributed by atoms with E-state index < -0.39 is 23.8 Å². The Labute approximate surface area is 356 Å². The minimum absolute atomic E-state index is 0. The van der Waals surface area contributed by atoms with Crippen LogP contribution in [0.5, 0.6) is 0 Å². The number of hydrogen-bond acceptors (Lipinski definition) is 0. The summed E-state index contributed by atoms with van der Waals surface area (Å²) in [5.41, 5.74) is 0. The molecule has 0 fully saturated rings. The second-order valence-corrected chi connectivity index (χ2v) is 19.7. The molecule has 0 aliphatic heterocycles. The zero-order valence-electron chi connectivity index (χ0n) is 32.2. The first-order valence-corrected chi connectivity index (χ1v) is 23.2. The predicted octanol–water partition coefficient (Wildman–Crippen LogP) is 11.0. The van der Waals surface area contributed by atoms with E-state index in [9.17, 15) is 0 Å². The summed E-state index contributed by atoms with van der Waals surface area (Å²) in [6.07, 6.45) is 0. The highest BCUT2D eigenvalue weighted by Crippen LogP contribution is 2.34. The molecule has 0 amide bonds. The van der Waals surface area contributed by atoms with Crippen molar-refractivity contribution < 1.29 is 1.43 Å². The van der Waals surface area contributed by atoms with Gasteiger partial charge in [0.05, 0.1) is 0 Å². The fourth-order valence-corrected chi connectivity index (χ4v) is 13.5. The molecule has 0 heterocycles. The van der Waals surface area contributed by atoms with Crippen molar-refractivity contribution in [1.29, 1.82) is 0 Å². The minimum Gasteiger partial charge on any atom is -0.147 e. The van der Waals surface area contributed by atoms with E-state index in [1.54, 1.807) is 0 Å². The van der Waals surface area contributed by atoms with Gasteiger partial charge >= 0.3 is 0 Å². The maximum atomic E-state index is 2.23. The Bertz CT molecular complexity index is 1870. The van der Waals surface area contributed by atoms with E-state index in [4.69, 9.17) is 0 Å². The molecule has 4 heteroatoms. The lowest BCUT2D eigenvalue weighted by molar-refractivity contribution is 1.74. The Morgan fingerprint density at radius 2 is 0.241 bits per heavy atom. The number of rotatable bonds is 9. The summed E-state index contributed by atoms with van der Waals surface area (Å²) in [5.74, 6) is 0. The summed E-state index contributed by atoms with van der Waals surface area (Å²) in [6.45, 7) is 0. The Balaban J connectivity index is 0.000000165. The molecule has 0 radical (unpaired) electrons. The maximum Gasteiger partial charge on any atom is 0 e. The third-order valence-electron chi connectivity index (χ3n) is 9.13. The van der Waals surface area contributed by atoms with E-state index in [0.29, 0.717) is 0 Å². The van der Waals surface area contributed by atoms with Gasteiger partial charge in [-0.2, -0.15) is 0 Å². The van der Waals surface area contributed by atoms with Gasteiger partial charge in [-0.3, -0.25) is 0 Å². The number of halogens is 1. The molecule has 9 aromatic rings. The van der Waals surface area contributed by atoms with Crippen LogP contribution in [0.4, 0.5) is 0 Å². The molecule has 0 bridgehead atoms. The third-order valence-corrected chi connectivity index (χ3v) is 16.5. The molecule has 9 aromatic carbocycles. The average molecular weight is 825 g/mol. The van der Waals surface area contributed by atoms with Gasteiger partial charge in [0.1, 0.15) is 0 Å². The molecule has 0 nitrogen and oxygen atoms in total. The first kappa shape index (κ1) is 42.2. The van der Waals surface area contributed by atoms with Gasteiger partial charge in [0, 0.05) is 1.43 Å². The summed E-state index contributed by atoms with van der Waals surface area (Å²) in [4.78, 5) is 0. The van der Waals surface area contributed by atoms with Crippen molar-refractivity contribution >= 4 is 83.9 Å². The monoisotopic (exact) mass is 824 g/mol. The third kappa shape index (κ3) is 11.8. The summed E-state index contributed by atoms with van der Waals surface area (Å²) in [7, 11) is -1.34. The molecule has 0 atom stereocenters. The molecule has 0 aliphatic carbocycles. The van der Waals surface area contributed by atoms with Gasteiger partial charge < -0.3 is 0 Å². The fourth-order valence-electron chi connectivity index (χ4n) is 6.54. The van der Waals surface area contributed by atoms with Crippen molar-refractivity contribution in [3.05, 3.63) is 273 Å². The molecule has 9 rings (SSSR count). The topological polar surface area (TPSA) is 0 Å². The summed E-state index contributed by atoms with van der Waals surface area (Å²) in [6, 6.07) is 97.0. The van der Waals surface area contributed by atoms with Crippen LogP contribution in [0.15, 0.2) is 273 Å². The van der Waals surface area contributed by atoms with Crippen molar-refractivity contribution in [2.45, 2.75) is 0 Å². The van der Waals surface area contributed by atoms with Crippen LogP contribution in [0.1, 0.15) is 1.43 Å². The molecule has 0 N–H and O–H groups in total. The van der Waals surface area contributed by atoms with Crippen molar-refractivity contribution in [3.8, 4) is 0 Å². The standard InChI is InChI=1S/3C18H15P.ClH.H2/c3*1-4-10-16(11-5-1)19(17-12-6-2-7-13-17)18-14-8-3-9-15-18;;/h3*1-15H;2*1H. The first-order chi connectivity index (χ1) is 28.3.